The number of halogens is 1. The predicted octanol–water partition coefficient (Wildman–Crippen LogP) is 3.20. The zero-order chi connectivity index (χ0) is 11.8. The van der Waals surface area contributed by atoms with Crippen molar-refractivity contribution < 1.29 is 0 Å². The lowest BCUT2D eigenvalue weighted by Crippen LogP contribution is -2.30. The predicted molar refractivity (Wildman–Crippen MR) is 71.1 cm³/mol. The second kappa shape index (κ2) is 4.43. The van der Waals surface area contributed by atoms with Gasteiger partial charge in [0.1, 0.15) is 5.15 Å². The van der Waals surface area contributed by atoms with Crippen molar-refractivity contribution >= 4 is 17.2 Å². The third-order valence-electron chi connectivity index (χ3n) is 3.94. The van der Waals surface area contributed by atoms with E-state index in [4.69, 9.17) is 11.6 Å². The van der Waals surface area contributed by atoms with Crippen LogP contribution in [0.25, 0.3) is 5.57 Å². The van der Waals surface area contributed by atoms with Gasteiger partial charge in [-0.2, -0.15) is 0 Å². The summed E-state index contributed by atoms with van der Waals surface area (Å²) in [5, 5.41) is 4.22. The number of rotatable bonds is 1. The lowest BCUT2D eigenvalue weighted by Gasteiger charge is -2.27. The van der Waals surface area contributed by atoms with Crippen LogP contribution in [0.2, 0.25) is 5.15 Å². The highest BCUT2D eigenvalue weighted by atomic mass is 35.5. The lowest BCUT2D eigenvalue weighted by atomic mass is 9.82. The third-order valence-corrected chi connectivity index (χ3v) is 4.33. The molecule has 0 amide bonds. The fourth-order valence-corrected chi connectivity index (χ4v) is 3.13. The number of nitrogens with one attached hydrogen (secondary N) is 1. The Morgan fingerprint density at radius 2 is 2.29 bits per heavy atom. The molecule has 1 aliphatic carbocycles. The van der Waals surface area contributed by atoms with Gasteiger partial charge in [0.2, 0.25) is 0 Å². The van der Waals surface area contributed by atoms with Crippen LogP contribution in [-0.4, -0.2) is 17.6 Å². The molecule has 1 saturated heterocycles. The van der Waals surface area contributed by atoms with Crippen molar-refractivity contribution in [3.63, 3.8) is 0 Å². The van der Waals surface area contributed by atoms with Gasteiger partial charge in [0, 0.05) is 12.2 Å². The molecule has 0 unspecified atom stereocenters. The Morgan fingerprint density at radius 3 is 3.12 bits per heavy atom. The first-order valence-electron chi connectivity index (χ1n) is 6.31. The summed E-state index contributed by atoms with van der Waals surface area (Å²) in [5.74, 6) is 0.811. The number of fused-ring (bicyclic) bond motifs is 1. The van der Waals surface area contributed by atoms with Gasteiger partial charge in [-0.15, -0.1) is 0 Å². The van der Waals surface area contributed by atoms with Crippen molar-refractivity contribution in [3.8, 4) is 0 Å². The van der Waals surface area contributed by atoms with Crippen LogP contribution in [0.4, 0.5) is 0 Å². The van der Waals surface area contributed by atoms with E-state index < -0.39 is 0 Å². The van der Waals surface area contributed by atoms with Gasteiger partial charge in [0.05, 0.1) is 0 Å². The summed E-state index contributed by atoms with van der Waals surface area (Å²) >= 11 is 5.98. The molecule has 0 spiro atoms. The normalized spacial score (nSPS) is 27.8. The first-order valence-corrected chi connectivity index (χ1v) is 6.69. The number of allylic oxidation sites excluding steroid dienone is 1. The summed E-state index contributed by atoms with van der Waals surface area (Å²) in [5.41, 5.74) is 3.72. The van der Waals surface area contributed by atoms with Crippen LogP contribution in [0.1, 0.15) is 30.4 Å². The highest BCUT2D eigenvalue weighted by Crippen LogP contribution is 2.36. The number of hydrogen-bond donors (Lipinski definition) is 1. The highest BCUT2D eigenvalue weighted by Gasteiger charge is 2.32. The molecular weight excluding hydrogens is 232 g/mol. The van der Waals surface area contributed by atoms with Crippen LogP contribution in [-0.2, 0) is 0 Å². The molecule has 2 aliphatic rings. The quantitative estimate of drug-likeness (QED) is 0.772. The average molecular weight is 249 g/mol. The molecule has 2 atom stereocenters. The molecule has 1 aromatic heterocycles. The third kappa shape index (κ3) is 2.00. The Kier molecular flexibility index (Phi) is 2.93. The van der Waals surface area contributed by atoms with Crippen LogP contribution in [0, 0.1) is 12.8 Å². The number of hydrogen-bond acceptors (Lipinski definition) is 2. The Labute approximate surface area is 107 Å². The molecule has 0 aromatic carbocycles. The van der Waals surface area contributed by atoms with Gasteiger partial charge >= 0.3 is 0 Å². The van der Waals surface area contributed by atoms with Gasteiger partial charge in [-0.1, -0.05) is 17.7 Å². The average Bonchev–Trinajstić information content (AvgIpc) is 2.80. The van der Waals surface area contributed by atoms with Crippen LogP contribution in [0.5, 0.6) is 0 Å². The number of aryl methyl sites for hydroxylation is 1. The van der Waals surface area contributed by atoms with Crippen molar-refractivity contribution in [2.75, 3.05) is 6.54 Å². The lowest BCUT2D eigenvalue weighted by molar-refractivity contribution is 0.470. The number of nitrogens with zero attached hydrogens (tertiary/aromatic N) is 1. The Bertz CT molecular complexity index is 467. The Hall–Kier alpha value is -0.860. The van der Waals surface area contributed by atoms with Crippen molar-refractivity contribution in [1.29, 1.82) is 0 Å². The maximum Gasteiger partial charge on any atom is 0.131 e. The summed E-state index contributed by atoms with van der Waals surface area (Å²) in [7, 11) is 0. The molecule has 1 N–H and O–H groups in total. The van der Waals surface area contributed by atoms with E-state index in [1.165, 1.54) is 30.4 Å². The van der Waals surface area contributed by atoms with E-state index in [0.717, 1.165) is 18.0 Å². The minimum absolute atomic E-state index is 0.533. The summed E-state index contributed by atoms with van der Waals surface area (Å²) < 4.78 is 0. The van der Waals surface area contributed by atoms with Crippen LogP contribution >= 0.6 is 11.6 Å². The van der Waals surface area contributed by atoms with E-state index >= 15 is 0 Å². The molecule has 0 bridgehead atoms. The van der Waals surface area contributed by atoms with Crippen molar-refractivity contribution in [1.82, 2.24) is 10.3 Å². The van der Waals surface area contributed by atoms with E-state index in [9.17, 15) is 0 Å². The van der Waals surface area contributed by atoms with Crippen LogP contribution < -0.4 is 5.32 Å². The smallest absolute Gasteiger partial charge is 0.131 e. The molecule has 1 aliphatic heterocycles. The summed E-state index contributed by atoms with van der Waals surface area (Å²) in [4.78, 5) is 4.26. The van der Waals surface area contributed by atoms with E-state index in [0.29, 0.717) is 11.2 Å². The van der Waals surface area contributed by atoms with Gasteiger partial charge in [0.25, 0.3) is 0 Å². The van der Waals surface area contributed by atoms with E-state index in [1.54, 1.807) is 0 Å². The van der Waals surface area contributed by atoms with Gasteiger partial charge in [-0.25, -0.2) is 4.98 Å². The summed E-state index contributed by atoms with van der Waals surface area (Å²) in [6, 6.07) is 2.69. The SMILES string of the molecule is Cc1cc(C2=CCC[C@H]3CCN[C@@H]23)cnc1Cl. The first-order chi connectivity index (χ1) is 8.25. The van der Waals surface area contributed by atoms with Crippen LogP contribution in [0.3, 0.4) is 0 Å². The second-order valence-electron chi connectivity index (χ2n) is 5.05. The molecule has 3 rings (SSSR count). The Morgan fingerprint density at radius 1 is 1.41 bits per heavy atom. The fraction of sp³-hybridized carbons (Fsp3) is 0.500. The molecule has 0 saturated carbocycles. The highest BCUT2D eigenvalue weighted by molar-refractivity contribution is 6.30. The van der Waals surface area contributed by atoms with E-state index in [1.807, 2.05) is 13.1 Å². The first kappa shape index (κ1) is 11.2. The molecule has 1 fully saturated rings. The molecule has 0 radical (unpaired) electrons. The molecule has 3 heteroatoms. The molecule has 2 heterocycles. The molecule has 90 valence electrons. The topological polar surface area (TPSA) is 24.9 Å². The van der Waals surface area contributed by atoms with Crippen molar-refractivity contribution in [2.24, 2.45) is 5.92 Å². The second-order valence-corrected chi connectivity index (χ2v) is 5.41. The summed E-state index contributed by atoms with van der Waals surface area (Å²) in [6.07, 6.45) is 8.09. The summed E-state index contributed by atoms with van der Waals surface area (Å²) in [6.45, 7) is 3.16. The van der Waals surface area contributed by atoms with E-state index in [-0.39, 0.29) is 0 Å². The largest absolute Gasteiger partial charge is 0.310 e. The Balaban J connectivity index is 1.97. The zero-order valence-electron chi connectivity index (χ0n) is 10.0. The molecule has 2 nitrogen and oxygen atoms in total. The van der Waals surface area contributed by atoms with Crippen molar-refractivity contribution in [3.05, 3.63) is 34.6 Å². The molecular formula is C14H17ClN2. The van der Waals surface area contributed by atoms with Gasteiger partial charge in [-0.3, -0.25) is 0 Å². The zero-order valence-corrected chi connectivity index (χ0v) is 10.8. The minimum atomic E-state index is 0.533. The fourth-order valence-electron chi connectivity index (χ4n) is 3.03. The molecule has 1 aromatic rings. The maximum absolute atomic E-state index is 5.98. The number of aromatic nitrogens is 1. The number of pyridine rings is 1. The maximum atomic E-state index is 5.98. The van der Waals surface area contributed by atoms with Crippen LogP contribution in [0.15, 0.2) is 18.3 Å². The molecule has 17 heavy (non-hydrogen) atoms. The van der Waals surface area contributed by atoms with Gasteiger partial charge < -0.3 is 5.32 Å². The van der Waals surface area contributed by atoms with Crippen molar-refractivity contribution in [2.45, 2.75) is 32.2 Å². The monoisotopic (exact) mass is 248 g/mol. The van der Waals surface area contributed by atoms with Gasteiger partial charge in [0.15, 0.2) is 0 Å². The van der Waals surface area contributed by atoms with Gasteiger partial charge in [-0.05, 0) is 61.4 Å². The minimum Gasteiger partial charge on any atom is -0.310 e. The standard InChI is InChI=1S/C14H17ClN2/c1-9-7-11(8-17-14(9)15)12-4-2-3-10-5-6-16-13(10)12/h4,7-8,10,13,16H,2-3,5-6H2,1H3/t10-,13+/m0/s1. The van der Waals surface area contributed by atoms with E-state index in [2.05, 4.69) is 22.4 Å².